The molecule has 0 aromatic heterocycles. The second-order valence-electron chi connectivity index (χ2n) is 5.56. The van der Waals surface area contributed by atoms with Gasteiger partial charge < -0.3 is 5.32 Å². The summed E-state index contributed by atoms with van der Waals surface area (Å²) in [6, 6.07) is 8.02. The molecule has 0 spiro atoms. The summed E-state index contributed by atoms with van der Waals surface area (Å²) in [6.45, 7) is 0. The first-order valence-electron chi connectivity index (χ1n) is 7.16. The molecule has 0 bridgehead atoms. The number of benzene rings is 2. The fourth-order valence-electron chi connectivity index (χ4n) is 2.78. The van der Waals surface area contributed by atoms with Gasteiger partial charge in [0.1, 0.15) is 23.0 Å². The van der Waals surface area contributed by atoms with E-state index in [4.69, 9.17) is 11.6 Å². The number of rotatable bonds is 3. The summed E-state index contributed by atoms with van der Waals surface area (Å²) in [7, 11) is 0. The second-order valence-corrected chi connectivity index (χ2v) is 6.00. The Bertz CT molecular complexity index is 725. The smallest absolute Gasteiger partial charge is 0.257 e. The van der Waals surface area contributed by atoms with Gasteiger partial charge in [0.15, 0.2) is 0 Å². The van der Waals surface area contributed by atoms with E-state index in [1.54, 1.807) is 12.1 Å². The molecule has 2 aromatic carbocycles. The normalized spacial score (nSPS) is 20.0. The largest absolute Gasteiger partial charge is 0.349 e. The number of amides is 1. The molecule has 2 nitrogen and oxygen atoms in total. The highest BCUT2D eigenvalue weighted by Crippen LogP contribution is 2.37. The van der Waals surface area contributed by atoms with Crippen LogP contribution in [0.3, 0.4) is 0 Å². The lowest BCUT2D eigenvalue weighted by Gasteiger charge is -2.37. The Hall–Kier alpha value is -2.01. The van der Waals surface area contributed by atoms with E-state index in [1.807, 2.05) is 12.1 Å². The summed E-state index contributed by atoms with van der Waals surface area (Å²) >= 11 is 5.84. The third kappa shape index (κ3) is 3.20. The van der Waals surface area contributed by atoms with Crippen LogP contribution < -0.4 is 5.32 Å². The molecule has 2 aromatic rings. The molecule has 0 heterocycles. The van der Waals surface area contributed by atoms with Crippen LogP contribution in [0.25, 0.3) is 0 Å². The van der Waals surface area contributed by atoms with Gasteiger partial charge in [0.2, 0.25) is 0 Å². The topological polar surface area (TPSA) is 29.1 Å². The van der Waals surface area contributed by atoms with Gasteiger partial charge in [-0.15, -0.1) is 0 Å². The minimum atomic E-state index is -1.21. The predicted octanol–water partition coefficient (Wildman–Crippen LogP) is 4.43. The lowest BCUT2D eigenvalue weighted by Crippen LogP contribution is -2.45. The zero-order chi connectivity index (χ0) is 16.6. The molecule has 1 aliphatic carbocycles. The van der Waals surface area contributed by atoms with Crippen molar-refractivity contribution < 1.29 is 18.0 Å². The Morgan fingerprint density at radius 3 is 2.17 bits per heavy atom. The second kappa shape index (κ2) is 6.24. The van der Waals surface area contributed by atoms with E-state index >= 15 is 0 Å². The zero-order valence-electron chi connectivity index (χ0n) is 12.0. The van der Waals surface area contributed by atoms with Gasteiger partial charge in [0.05, 0.1) is 0 Å². The van der Waals surface area contributed by atoms with E-state index in [0.717, 1.165) is 12.0 Å². The summed E-state index contributed by atoms with van der Waals surface area (Å²) in [4.78, 5) is 12.1. The first-order valence-corrected chi connectivity index (χ1v) is 7.54. The fraction of sp³-hybridized carbons (Fsp3) is 0.235. The molecule has 0 aliphatic heterocycles. The van der Waals surface area contributed by atoms with Gasteiger partial charge in [-0.1, -0.05) is 23.7 Å². The molecule has 23 heavy (non-hydrogen) atoms. The number of hydrogen-bond donors (Lipinski definition) is 1. The van der Waals surface area contributed by atoms with Crippen LogP contribution in [0.4, 0.5) is 13.2 Å². The summed E-state index contributed by atoms with van der Waals surface area (Å²) in [5.41, 5.74) is 0.249. The Labute approximate surface area is 136 Å². The summed E-state index contributed by atoms with van der Waals surface area (Å²) in [6.07, 6.45) is 1.57. The van der Waals surface area contributed by atoms with Crippen LogP contribution in [0.5, 0.6) is 0 Å². The maximum atomic E-state index is 13.6. The van der Waals surface area contributed by atoms with Crippen LogP contribution in [-0.4, -0.2) is 11.9 Å². The highest BCUT2D eigenvalue weighted by molar-refractivity contribution is 6.30. The van der Waals surface area contributed by atoms with Crippen LogP contribution in [0.15, 0.2) is 36.4 Å². The predicted molar refractivity (Wildman–Crippen MR) is 81.0 cm³/mol. The summed E-state index contributed by atoms with van der Waals surface area (Å²) < 4.78 is 40.2. The van der Waals surface area contributed by atoms with Gasteiger partial charge in [-0.05, 0) is 30.5 Å². The van der Waals surface area contributed by atoms with Gasteiger partial charge in [-0.2, -0.15) is 0 Å². The summed E-state index contributed by atoms with van der Waals surface area (Å²) in [5, 5.41) is 3.24. The van der Waals surface area contributed by atoms with Crippen LogP contribution >= 0.6 is 11.6 Å². The number of carbonyl (C=O) groups is 1. The van der Waals surface area contributed by atoms with Crippen molar-refractivity contribution in [3.05, 3.63) is 70.0 Å². The van der Waals surface area contributed by atoms with Crippen molar-refractivity contribution >= 4 is 17.5 Å². The third-order valence-electron chi connectivity index (χ3n) is 4.12. The molecule has 2 atom stereocenters. The molecule has 0 radical (unpaired) electrons. The average Bonchev–Trinajstić information content (AvgIpc) is 2.45. The van der Waals surface area contributed by atoms with Crippen LogP contribution in [0.1, 0.15) is 34.7 Å². The highest BCUT2D eigenvalue weighted by Gasteiger charge is 2.34. The van der Waals surface area contributed by atoms with Crippen molar-refractivity contribution in [2.24, 2.45) is 0 Å². The monoisotopic (exact) mass is 339 g/mol. The number of halogens is 4. The Morgan fingerprint density at radius 1 is 1.04 bits per heavy atom. The molecule has 1 N–H and O–H groups in total. The Kier molecular flexibility index (Phi) is 4.31. The molecule has 3 rings (SSSR count). The highest BCUT2D eigenvalue weighted by atomic mass is 35.5. The van der Waals surface area contributed by atoms with Gasteiger partial charge in [-0.3, -0.25) is 4.79 Å². The molecule has 2 unspecified atom stereocenters. The van der Waals surface area contributed by atoms with Gasteiger partial charge in [0.25, 0.3) is 5.91 Å². The van der Waals surface area contributed by atoms with E-state index in [9.17, 15) is 18.0 Å². The van der Waals surface area contributed by atoms with Crippen molar-refractivity contribution in [1.82, 2.24) is 5.32 Å². The molecule has 1 fully saturated rings. The lowest BCUT2D eigenvalue weighted by atomic mass is 9.75. The molecule has 120 valence electrons. The zero-order valence-corrected chi connectivity index (χ0v) is 12.7. The van der Waals surface area contributed by atoms with Gasteiger partial charge in [0, 0.05) is 29.1 Å². The fourth-order valence-corrected chi connectivity index (χ4v) is 2.91. The van der Waals surface area contributed by atoms with Gasteiger partial charge in [-0.25, -0.2) is 13.2 Å². The van der Waals surface area contributed by atoms with E-state index < -0.39 is 28.9 Å². The Balaban J connectivity index is 1.75. The average molecular weight is 340 g/mol. The first kappa shape index (κ1) is 15.9. The van der Waals surface area contributed by atoms with Crippen molar-refractivity contribution in [3.8, 4) is 0 Å². The van der Waals surface area contributed by atoms with E-state index in [0.29, 0.717) is 23.6 Å². The van der Waals surface area contributed by atoms with Crippen LogP contribution in [0.2, 0.25) is 5.02 Å². The molecule has 1 amide bonds. The maximum absolute atomic E-state index is 13.6. The van der Waals surface area contributed by atoms with E-state index in [2.05, 4.69) is 5.32 Å². The minimum Gasteiger partial charge on any atom is -0.349 e. The number of hydrogen-bond acceptors (Lipinski definition) is 1. The quantitative estimate of drug-likeness (QED) is 0.880. The molecule has 0 saturated heterocycles. The first-order chi connectivity index (χ1) is 11.0. The van der Waals surface area contributed by atoms with E-state index in [-0.39, 0.29) is 12.0 Å². The summed E-state index contributed by atoms with van der Waals surface area (Å²) in [5.74, 6) is -4.27. The van der Waals surface area contributed by atoms with Gasteiger partial charge >= 0.3 is 0 Å². The molecule has 1 saturated carbocycles. The molecular formula is C17H13ClF3NO. The number of nitrogens with one attached hydrogen (secondary N) is 1. The molecular weight excluding hydrogens is 327 g/mol. The van der Waals surface area contributed by atoms with E-state index in [1.165, 1.54) is 0 Å². The Morgan fingerprint density at radius 2 is 1.65 bits per heavy atom. The SMILES string of the molecule is O=C(NC1CCC1c1ccc(Cl)cc1)c1c(F)cc(F)cc1F. The van der Waals surface area contributed by atoms with Crippen molar-refractivity contribution in [2.45, 2.75) is 24.8 Å². The van der Waals surface area contributed by atoms with Crippen molar-refractivity contribution in [2.75, 3.05) is 0 Å². The minimum absolute atomic E-state index is 0.0720. The standard InChI is InChI=1S/C17H13ClF3NO/c18-10-3-1-9(2-4-10)12-5-6-15(12)22-17(23)16-13(20)7-11(19)8-14(16)21/h1-4,7-8,12,15H,5-6H2,(H,22,23). The lowest BCUT2D eigenvalue weighted by molar-refractivity contribution is 0.0896. The molecule has 1 aliphatic rings. The number of carbonyl (C=O) groups excluding carboxylic acids is 1. The van der Waals surface area contributed by atoms with Crippen molar-refractivity contribution in [1.29, 1.82) is 0 Å². The van der Waals surface area contributed by atoms with Crippen molar-refractivity contribution in [3.63, 3.8) is 0 Å². The van der Waals surface area contributed by atoms with Crippen LogP contribution in [-0.2, 0) is 0 Å². The van der Waals surface area contributed by atoms with Crippen LogP contribution in [0, 0.1) is 17.5 Å². The maximum Gasteiger partial charge on any atom is 0.257 e. The molecule has 6 heteroatoms. The third-order valence-corrected chi connectivity index (χ3v) is 4.37.